The Morgan fingerprint density at radius 2 is 1.85 bits per heavy atom. The average molecular weight is 373 g/mol. The van der Waals surface area contributed by atoms with E-state index in [0.29, 0.717) is 18.2 Å². The summed E-state index contributed by atoms with van der Waals surface area (Å²) in [5, 5.41) is 10.6. The lowest BCUT2D eigenvalue weighted by Crippen LogP contribution is -2.48. The molecule has 27 heavy (non-hydrogen) atoms. The van der Waals surface area contributed by atoms with E-state index in [2.05, 4.69) is 0 Å². The van der Waals surface area contributed by atoms with E-state index in [1.807, 2.05) is 28.9 Å². The molecule has 6 heteroatoms. The fraction of sp³-hybridized carbons (Fsp3) is 0.667. The molecule has 0 unspecified atom stereocenters. The number of piperidine rings is 1. The number of phenolic OH excluding ortho intramolecular Hbond substituents is 1. The normalized spacial score (nSPS) is 26.3. The third-order valence-electron chi connectivity index (χ3n) is 6.54. The van der Waals surface area contributed by atoms with Gasteiger partial charge in [-0.3, -0.25) is 0 Å². The molecule has 148 valence electrons. The summed E-state index contributed by atoms with van der Waals surface area (Å²) >= 11 is 0. The number of likely N-dealkylation sites (tertiary alicyclic amines) is 2. The zero-order chi connectivity index (χ0) is 19.0. The topological polar surface area (TPSA) is 79.0 Å². The maximum absolute atomic E-state index is 12.6. The Balaban J connectivity index is 1.42. The number of aryl methyl sites for hydroxylation is 1. The van der Waals surface area contributed by atoms with E-state index in [0.717, 1.165) is 75.0 Å². The number of nitrogens with zero attached hydrogens (tertiary/aromatic N) is 2. The number of amides is 2. The summed E-state index contributed by atoms with van der Waals surface area (Å²) in [4.78, 5) is 16.6. The maximum Gasteiger partial charge on any atom is 0.319 e. The molecule has 0 radical (unpaired) electrons. The first kappa shape index (κ1) is 18.6. The van der Waals surface area contributed by atoms with Crippen LogP contribution in [0.1, 0.15) is 48.5 Å². The average Bonchev–Trinajstić information content (AvgIpc) is 3.24. The van der Waals surface area contributed by atoms with E-state index >= 15 is 0 Å². The lowest BCUT2D eigenvalue weighted by molar-refractivity contribution is -0.0630. The molecule has 3 N–H and O–H groups in total. The van der Waals surface area contributed by atoms with Crippen LogP contribution >= 0.6 is 0 Å². The molecular formula is C21H31N3O3. The van der Waals surface area contributed by atoms with Crippen LogP contribution in [0.25, 0.3) is 0 Å². The number of carbonyl (C=O) groups excluding carboxylic acids is 1. The second-order valence-electron chi connectivity index (χ2n) is 8.20. The van der Waals surface area contributed by atoms with Crippen molar-refractivity contribution in [1.82, 2.24) is 9.80 Å². The number of fused-ring (bicyclic) bond motifs is 1. The van der Waals surface area contributed by atoms with Crippen LogP contribution in [0.15, 0.2) is 12.1 Å². The van der Waals surface area contributed by atoms with E-state index < -0.39 is 0 Å². The van der Waals surface area contributed by atoms with E-state index in [-0.39, 0.29) is 18.2 Å². The minimum Gasteiger partial charge on any atom is -0.507 e. The molecule has 1 aromatic carbocycles. The highest BCUT2D eigenvalue weighted by molar-refractivity contribution is 5.74. The van der Waals surface area contributed by atoms with Gasteiger partial charge in [0.15, 0.2) is 0 Å². The van der Waals surface area contributed by atoms with Crippen LogP contribution in [-0.2, 0) is 11.2 Å². The molecule has 2 atom stereocenters. The Morgan fingerprint density at radius 3 is 2.52 bits per heavy atom. The van der Waals surface area contributed by atoms with Gasteiger partial charge in [-0.05, 0) is 49.7 Å². The smallest absolute Gasteiger partial charge is 0.319 e. The van der Waals surface area contributed by atoms with Crippen LogP contribution in [0.4, 0.5) is 4.79 Å². The van der Waals surface area contributed by atoms with Crippen LogP contribution in [0, 0.1) is 12.8 Å². The number of phenols is 1. The molecule has 2 amide bonds. The van der Waals surface area contributed by atoms with Crippen molar-refractivity contribution in [1.29, 1.82) is 0 Å². The van der Waals surface area contributed by atoms with Crippen molar-refractivity contribution in [3.63, 3.8) is 0 Å². The predicted octanol–water partition coefficient (Wildman–Crippen LogP) is 2.57. The summed E-state index contributed by atoms with van der Waals surface area (Å²) in [5.74, 6) is 0.788. The molecule has 3 heterocycles. The number of ether oxygens (including phenoxy) is 1. The van der Waals surface area contributed by atoms with Crippen molar-refractivity contribution in [2.45, 2.75) is 51.2 Å². The molecule has 2 fully saturated rings. The van der Waals surface area contributed by atoms with Crippen molar-refractivity contribution in [3.05, 3.63) is 28.8 Å². The second kappa shape index (κ2) is 7.68. The highest BCUT2D eigenvalue weighted by Gasteiger charge is 2.36. The third-order valence-corrected chi connectivity index (χ3v) is 6.54. The summed E-state index contributed by atoms with van der Waals surface area (Å²) in [7, 11) is 0. The predicted molar refractivity (Wildman–Crippen MR) is 104 cm³/mol. The van der Waals surface area contributed by atoms with Crippen LogP contribution in [0.3, 0.4) is 0 Å². The minimum absolute atomic E-state index is 0.0581. The summed E-state index contributed by atoms with van der Waals surface area (Å²) in [6.07, 6.45) is 4.77. The first-order valence-corrected chi connectivity index (χ1v) is 10.3. The standard InChI is InChI=1S/C21H31N3O3/c1-14-4-5-16-17(20(14)25)12-18(27-19(16)13-22)15-6-10-24(11-7-15)21(26)23-8-2-3-9-23/h4-5,15,18-19,25H,2-3,6-13,22H2,1H3/t18-,19-/m0/s1. The molecule has 0 aliphatic carbocycles. The van der Waals surface area contributed by atoms with Crippen molar-refractivity contribution in [3.8, 4) is 5.75 Å². The molecule has 3 aliphatic heterocycles. The van der Waals surface area contributed by atoms with Crippen molar-refractivity contribution in [2.24, 2.45) is 11.7 Å². The molecule has 4 rings (SSSR count). The van der Waals surface area contributed by atoms with Crippen molar-refractivity contribution < 1.29 is 14.6 Å². The van der Waals surface area contributed by atoms with Gasteiger partial charge in [-0.15, -0.1) is 0 Å². The highest BCUT2D eigenvalue weighted by Crippen LogP contribution is 2.40. The summed E-state index contributed by atoms with van der Waals surface area (Å²) in [5.41, 5.74) is 8.89. The first-order valence-electron chi connectivity index (χ1n) is 10.3. The molecule has 1 aromatic rings. The van der Waals surface area contributed by atoms with Gasteiger partial charge in [0.1, 0.15) is 5.75 Å². The van der Waals surface area contributed by atoms with E-state index in [9.17, 15) is 9.90 Å². The van der Waals surface area contributed by atoms with Gasteiger partial charge >= 0.3 is 6.03 Å². The molecular weight excluding hydrogens is 342 g/mol. The largest absolute Gasteiger partial charge is 0.507 e. The zero-order valence-corrected chi connectivity index (χ0v) is 16.2. The van der Waals surface area contributed by atoms with Gasteiger partial charge in [-0.2, -0.15) is 0 Å². The lowest BCUT2D eigenvalue weighted by Gasteiger charge is -2.41. The minimum atomic E-state index is -0.158. The number of hydrogen-bond acceptors (Lipinski definition) is 4. The van der Waals surface area contributed by atoms with Gasteiger partial charge in [-0.25, -0.2) is 4.79 Å². The van der Waals surface area contributed by atoms with Gasteiger partial charge in [0, 0.05) is 44.7 Å². The highest BCUT2D eigenvalue weighted by atomic mass is 16.5. The number of carbonyl (C=O) groups is 1. The zero-order valence-electron chi connectivity index (χ0n) is 16.2. The van der Waals surface area contributed by atoms with Gasteiger partial charge in [0.05, 0.1) is 12.2 Å². The lowest BCUT2D eigenvalue weighted by atomic mass is 9.83. The molecule has 6 nitrogen and oxygen atoms in total. The Labute approximate surface area is 161 Å². The van der Waals surface area contributed by atoms with Gasteiger partial charge in [0.2, 0.25) is 0 Å². The number of hydrogen-bond donors (Lipinski definition) is 2. The fourth-order valence-electron chi connectivity index (χ4n) is 4.85. The first-order chi connectivity index (χ1) is 13.1. The molecule has 0 spiro atoms. The van der Waals surface area contributed by atoms with Gasteiger partial charge in [0.25, 0.3) is 0 Å². The Kier molecular flexibility index (Phi) is 5.28. The van der Waals surface area contributed by atoms with Crippen LogP contribution in [-0.4, -0.2) is 59.8 Å². The van der Waals surface area contributed by atoms with E-state index in [1.54, 1.807) is 0 Å². The molecule has 0 saturated carbocycles. The summed E-state index contributed by atoms with van der Waals surface area (Å²) in [6, 6.07) is 4.17. The molecule has 3 aliphatic rings. The Bertz CT molecular complexity index is 694. The number of aromatic hydroxyl groups is 1. The monoisotopic (exact) mass is 373 g/mol. The number of rotatable bonds is 2. The molecule has 0 bridgehead atoms. The third kappa shape index (κ3) is 3.52. The summed E-state index contributed by atoms with van der Waals surface area (Å²) < 4.78 is 6.34. The van der Waals surface area contributed by atoms with Crippen LogP contribution < -0.4 is 5.73 Å². The quantitative estimate of drug-likeness (QED) is 0.835. The number of nitrogens with two attached hydrogens (primary N) is 1. The Morgan fingerprint density at radius 1 is 1.19 bits per heavy atom. The van der Waals surface area contributed by atoms with E-state index in [1.165, 1.54) is 0 Å². The van der Waals surface area contributed by atoms with Crippen molar-refractivity contribution >= 4 is 6.03 Å². The number of benzene rings is 1. The van der Waals surface area contributed by atoms with Crippen LogP contribution in [0.5, 0.6) is 5.75 Å². The fourth-order valence-corrected chi connectivity index (χ4v) is 4.85. The molecule has 2 saturated heterocycles. The van der Waals surface area contributed by atoms with Gasteiger partial charge < -0.3 is 25.4 Å². The summed E-state index contributed by atoms with van der Waals surface area (Å²) in [6.45, 7) is 5.73. The van der Waals surface area contributed by atoms with Crippen molar-refractivity contribution in [2.75, 3.05) is 32.7 Å². The second-order valence-corrected chi connectivity index (χ2v) is 8.20. The van der Waals surface area contributed by atoms with Gasteiger partial charge in [-0.1, -0.05) is 12.1 Å². The van der Waals surface area contributed by atoms with E-state index in [4.69, 9.17) is 10.5 Å². The number of urea groups is 1. The SMILES string of the molecule is Cc1ccc2c(c1O)C[C@@H](C1CCN(C(=O)N3CCCC3)CC1)O[C@H]2CN. The van der Waals surface area contributed by atoms with Crippen LogP contribution in [0.2, 0.25) is 0 Å². The Hall–Kier alpha value is -1.79. The maximum atomic E-state index is 12.6. The molecule has 0 aromatic heterocycles.